The number of urea groups is 1. The fourth-order valence-corrected chi connectivity index (χ4v) is 3.11. The van der Waals surface area contributed by atoms with Gasteiger partial charge in [0.25, 0.3) is 0 Å². The van der Waals surface area contributed by atoms with Crippen molar-refractivity contribution < 1.29 is 4.79 Å². The summed E-state index contributed by atoms with van der Waals surface area (Å²) in [7, 11) is 1.98. The maximum atomic E-state index is 12.4. The number of hydrogen-bond donors (Lipinski definition) is 0. The van der Waals surface area contributed by atoms with Gasteiger partial charge in [-0.1, -0.05) is 30.3 Å². The summed E-state index contributed by atoms with van der Waals surface area (Å²) in [6.07, 6.45) is 7.16. The van der Waals surface area contributed by atoms with Gasteiger partial charge in [-0.15, -0.1) is 24.0 Å². The molecule has 0 bridgehead atoms. The van der Waals surface area contributed by atoms with E-state index in [1.165, 1.54) is 5.56 Å². The maximum Gasteiger partial charge on any atom is 0.325 e. The Labute approximate surface area is 149 Å². The van der Waals surface area contributed by atoms with Crippen LogP contribution in [0.25, 0.3) is 0 Å². The van der Waals surface area contributed by atoms with Crippen LogP contribution in [-0.4, -0.2) is 47.5 Å². The number of benzene rings is 1. The number of nitrogens with zero attached hydrogens (tertiary/aromatic N) is 3. The maximum absolute atomic E-state index is 12.4. The summed E-state index contributed by atoms with van der Waals surface area (Å²) in [6, 6.07) is 10.8. The second kappa shape index (κ2) is 7.85. The van der Waals surface area contributed by atoms with Crippen LogP contribution in [0.3, 0.4) is 0 Å². The highest BCUT2D eigenvalue weighted by Gasteiger charge is 2.27. The van der Waals surface area contributed by atoms with Crippen LogP contribution < -0.4 is 0 Å². The van der Waals surface area contributed by atoms with Crippen molar-refractivity contribution in [1.29, 1.82) is 0 Å². The van der Waals surface area contributed by atoms with Crippen LogP contribution in [0.2, 0.25) is 0 Å². The Morgan fingerprint density at radius 2 is 1.82 bits per heavy atom. The van der Waals surface area contributed by atoms with Crippen LogP contribution in [0.15, 0.2) is 42.7 Å². The van der Waals surface area contributed by atoms with Gasteiger partial charge >= 0.3 is 6.03 Å². The third-order valence-corrected chi connectivity index (χ3v) is 4.37. The van der Waals surface area contributed by atoms with E-state index in [-0.39, 0.29) is 30.0 Å². The zero-order valence-corrected chi connectivity index (χ0v) is 15.3. The Hall–Kier alpha value is -1.24. The molecule has 2 aliphatic heterocycles. The molecule has 0 N–H and O–H groups in total. The monoisotopic (exact) mass is 413 g/mol. The number of amides is 2. The van der Waals surface area contributed by atoms with E-state index in [2.05, 4.69) is 30.3 Å². The lowest BCUT2D eigenvalue weighted by atomic mass is 9.90. The lowest BCUT2D eigenvalue weighted by Crippen LogP contribution is -2.45. The number of halogens is 1. The van der Waals surface area contributed by atoms with Crippen molar-refractivity contribution in [3.63, 3.8) is 0 Å². The molecular weight excluding hydrogens is 389 g/mol. The highest BCUT2D eigenvalue weighted by molar-refractivity contribution is 14.0. The molecule has 1 saturated heterocycles. The fraction of sp³-hybridized carbons (Fsp3) is 0.471. The van der Waals surface area contributed by atoms with Gasteiger partial charge in [0.2, 0.25) is 0 Å². The molecule has 0 aromatic heterocycles. The SMILES string of the molecule is CN1C=CN(C(=O)N2CCC(Cc3ccccc3)CC2)C1.I. The summed E-state index contributed by atoms with van der Waals surface area (Å²) < 4.78 is 0. The average Bonchev–Trinajstić information content (AvgIpc) is 2.95. The minimum Gasteiger partial charge on any atom is -0.361 e. The van der Waals surface area contributed by atoms with Crippen LogP contribution in [0.1, 0.15) is 18.4 Å². The van der Waals surface area contributed by atoms with E-state index in [1.807, 2.05) is 29.2 Å². The van der Waals surface area contributed by atoms with Crippen molar-refractivity contribution in [3.8, 4) is 0 Å². The van der Waals surface area contributed by atoms with Gasteiger partial charge < -0.3 is 9.80 Å². The van der Waals surface area contributed by atoms with E-state index < -0.39 is 0 Å². The Morgan fingerprint density at radius 3 is 2.41 bits per heavy atom. The van der Waals surface area contributed by atoms with Crippen LogP contribution in [0, 0.1) is 5.92 Å². The number of carbonyl (C=O) groups is 1. The van der Waals surface area contributed by atoms with E-state index in [1.54, 1.807) is 4.90 Å². The minimum atomic E-state index is 0. The summed E-state index contributed by atoms with van der Waals surface area (Å²) in [5.74, 6) is 0.702. The topological polar surface area (TPSA) is 26.8 Å². The molecule has 3 rings (SSSR count). The number of carbonyl (C=O) groups excluding carboxylic acids is 1. The van der Waals surface area contributed by atoms with Crippen LogP contribution in [0.4, 0.5) is 4.79 Å². The van der Waals surface area contributed by atoms with Crippen molar-refractivity contribution in [2.45, 2.75) is 19.3 Å². The first kappa shape index (κ1) is 17.1. The summed E-state index contributed by atoms with van der Waals surface area (Å²) in [5.41, 5.74) is 1.41. The van der Waals surface area contributed by atoms with Crippen LogP contribution in [-0.2, 0) is 6.42 Å². The average molecular weight is 413 g/mol. The summed E-state index contributed by atoms with van der Waals surface area (Å²) in [6.45, 7) is 2.43. The molecule has 2 heterocycles. The van der Waals surface area contributed by atoms with Gasteiger partial charge in [0.15, 0.2) is 0 Å². The summed E-state index contributed by atoms with van der Waals surface area (Å²) in [5, 5.41) is 0. The molecule has 22 heavy (non-hydrogen) atoms. The molecule has 5 heteroatoms. The molecule has 1 aromatic carbocycles. The molecule has 2 aliphatic rings. The molecular formula is C17H24IN3O. The Morgan fingerprint density at radius 1 is 1.14 bits per heavy atom. The van der Waals surface area contributed by atoms with Crippen LogP contribution in [0.5, 0.6) is 0 Å². The smallest absolute Gasteiger partial charge is 0.325 e. The first-order valence-corrected chi connectivity index (χ1v) is 7.70. The highest BCUT2D eigenvalue weighted by atomic mass is 127. The van der Waals surface area contributed by atoms with Crippen molar-refractivity contribution in [2.24, 2.45) is 5.92 Å². The first-order chi connectivity index (χ1) is 10.2. The van der Waals surface area contributed by atoms with Gasteiger partial charge in [0.1, 0.15) is 0 Å². The Balaban J connectivity index is 0.00000176. The minimum absolute atomic E-state index is 0. The Kier molecular flexibility index (Phi) is 6.11. The number of piperidine rings is 1. The molecule has 1 aromatic rings. The van der Waals surface area contributed by atoms with Crippen molar-refractivity contribution in [3.05, 3.63) is 48.3 Å². The van der Waals surface area contributed by atoms with E-state index in [0.717, 1.165) is 32.4 Å². The van der Waals surface area contributed by atoms with E-state index in [9.17, 15) is 4.79 Å². The van der Waals surface area contributed by atoms with Gasteiger partial charge in [0, 0.05) is 32.5 Å². The number of rotatable bonds is 2. The number of hydrogen-bond acceptors (Lipinski definition) is 2. The zero-order valence-electron chi connectivity index (χ0n) is 13.0. The molecule has 0 saturated carbocycles. The predicted octanol–water partition coefficient (Wildman–Crippen LogP) is 3.36. The van der Waals surface area contributed by atoms with Crippen LogP contribution >= 0.6 is 24.0 Å². The van der Waals surface area contributed by atoms with Gasteiger partial charge in [-0.05, 0) is 30.7 Å². The normalized spacial score (nSPS) is 18.5. The quantitative estimate of drug-likeness (QED) is 0.696. The fourth-order valence-electron chi connectivity index (χ4n) is 3.11. The predicted molar refractivity (Wildman–Crippen MR) is 98.9 cm³/mol. The molecule has 2 amide bonds. The molecule has 1 fully saturated rings. The highest BCUT2D eigenvalue weighted by Crippen LogP contribution is 2.23. The standard InChI is InChI=1S/C17H23N3O.HI/c1-18-11-12-20(14-18)17(21)19-9-7-16(8-10-19)13-15-5-3-2-4-6-15;/h2-6,11-12,16H,7-10,13-14H2,1H3;1H. The third kappa shape index (κ3) is 4.15. The second-order valence-electron chi connectivity index (χ2n) is 6.07. The molecule has 4 nitrogen and oxygen atoms in total. The largest absolute Gasteiger partial charge is 0.361 e. The lowest BCUT2D eigenvalue weighted by Gasteiger charge is -2.34. The zero-order chi connectivity index (χ0) is 14.7. The third-order valence-electron chi connectivity index (χ3n) is 4.37. The molecule has 0 atom stereocenters. The van der Waals surface area contributed by atoms with Crippen molar-refractivity contribution in [2.75, 3.05) is 26.8 Å². The van der Waals surface area contributed by atoms with Gasteiger partial charge in [-0.2, -0.15) is 0 Å². The molecule has 0 unspecified atom stereocenters. The van der Waals surface area contributed by atoms with Gasteiger partial charge in [-0.3, -0.25) is 4.90 Å². The van der Waals surface area contributed by atoms with E-state index in [4.69, 9.17) is 0 Å². The van der Waals surface area contributed by atoms with Gasteiger partial charge in [-0.25, -0.2) is 4.79 Å². The van der Waals surface area contributed by atoms with Crippen molar-refractivity contribution >= 4 is 30.0 Å². The van der Waals surface area contributed by atoms with E-state index in [0.29, 0.717) is 12.6 Å². The first-order valence-electron chi connectivity index (χ1n) is 7.70. The Bertz CT molecular complexity index is 512. The second-order valence-corrected chi connectivity index (χ2v) is 6.07. The molecule has 0 aliphatic carbocycles. The van der Waals surface area contributed by atoms with Crippen molar-refractivity contribution in [1.82, 2.24) is 14.7 Å². The molecule has 0 spiro atoms. The van der Waals surface area contributed by atoms with Gasteiger partial charge in [0.05, 0.1) is 6.67 Å². The molecule has 0 radical (unpaired) electrons. The molecule has 120 valence electrons. The van der Waals surface area contributed by atoms with E-state index >= 15 is 0 Å². The lowest BCUT2D eigenvalue weighted by molar-refractivity contribution is 0.141. The summed E-state index contributed by atoms with van der Waals surface area (Å²) in [4.78, 5) is 18.2. The number of likely N-dealkylation sites (tertiary alicyclic amines) is 1. The summed E-state index contributed by atoms with van der Waals surface area (Å²) >= 11 is 0.